The van der Waals surface area contributed by atoms with Crippen LogP contribution in [-0.4, -0.2) is 38.5 Å². The van der Waals surface area contributed by atoms with Crippen LogP contribution >= 0.6 is 0 Å². The Morgan fingerprint density at radius 3 is 2.69 bits per heavy atom. The molecule has 26 heavy (non-hydrogen) atoms. The SMILES string of the molecule is O=C(NCC(O)(c1ccccc1)C(F)(F)F)C1CCc2nncn2CC1. The number of carbonyl (C=O) groups is 1. The van der Waals surface area contributed by atoms with E-state index < -0.39 is 30.1 Å². The van der Waals surface area contributed by atoms with Crippen molar-refractivity contribution in [3.8, 4) is 0 Å². The normalized spacial score (nSPS) is 19.9. The van der Waals surface area contributed by atoms with Crippen molar-refractivity contribution < 1.29 is 23.1 Å². The number of aliphatic hydroxyl groups is 1. The minimum atomic E-state index is -4.92. The van der Waals surface area contributed by atoms with Crippen molar-refractivity contribution in [2.45, 2.75) is 37.6 Å². The van der Waals surface area contributed by atoms with Gasteiger partial charge >= 0.3 is 6.18 Å². The Kier molecular flexibility index (Phi) is 4.99. The molecule has 9 heteroatoms. The minimum absolute atomic E-state index is 0.306. The first kappa shape index (κ1) is 18.4. The second kappa shape index (κ2) is 7.06. The molecule has 2 unspecified atom stereocenters. The fraction of sp³-hybridized carbons (Fsp3) is 0.471. The molecule has 0 saturated carbocycles. The van der Waals surface area contributed by atoms with Gasteiger partial charge in [0.05, 0.1) is 6.54 Å². The zero-order valence-corrected chi connectivity index (χ0v) is 13.9. The Balaban J connectivity index is 1.68. The highest BCUT2D eigenvalue weighted by atomic mass is 19.4. The largest absolute Gasteiger partial charge is 0.423 e. The lowest BCUT2D eigenvalue weighted by Crippen LogP contribution is -2.51. The summed E-state index contributed by atoms with van der Waals surface area (Å²) in [6.45, 7) is -0.398. The van der Waals surface area contributed by atoms with Gasteiger partial charge in [0.15, 0.2) is 0 Å². The number of amides is 1. The second-order valence-corrected chi connectivity index (χ2v) is 6.41. The van der Waals surface area contributed by atoms with Crippen LogP contribution in [0.4, 0.5) is 13.2 Å². The van der Waals surface area contributed by atoms with Gasteiger partial charge in [0.1, 0.15) is 12.2 Å². The molecule has 1 aromatic carbocycles. The van der Waals surface area contributed by atoms with Gasteiger partial charge in [-0.15, -0.1) is 10.2 Å². The summed E-state index contributed by atoms with van der Waals surface area (Å²) in [4.78, 5) is 12.4. The maximum atomic E-state index is 13.5. The predicted molar refractivity (Wildman–Crippen MR) is 85.9 cm³/mol. The van der Waals surface area contributed by atoms with E-state index in [1.165, 1.54) is 24.3 Å². The van der Waals surface area contributed by atoms with E-state index in [1.807, 2.05) is 4.57 Å². The molecule has 0 radical (unpaired) electrons. The highest BCUT2D eigenvalue weighted by molar-refractivity contribution is 5.78. The van der Waals surface area contributed by atoms with Crippen molar-refractivity contribution in [2.24, 2.45) is 5.92 Å². The average molecular weight is 368 g/mol. The summed E-state index contributed by atoms with van der Waals surface area (Å²) in [5.74, 6) is -0.177. The van der Waals surface area contributed by atoms with E-state index in [2.05, 4.69) is 15.5 Å². The van der Waals surface area contributed by atoms with Crippen molar-refractivity contribution in [3.63, 3.8) is 0 Å². The third-order valence-corrected chi connectivity index (χ3v) is 4.74. The van der Waals surface area contributed by atoms with Gasteiger partial charge in [0.2, 0.25) is 11.5 Å². The number of nitrogens with one attached hydrogen (secondary N) is 1. The van der Waals surface area contributed by atoms with Crippen LogP contribution in [0.3, 0.4) is 0 Å². The van der Waals surface area contributed by atoms with E-state index in [-0.39, 0.29) is 5.56 Å². The molecular formula is C17H19F3N4O2. The third-order valence-electron chi connectivity index (χ3n) is 4.74. The molecule has 2 heterocycles. The molecule has 0 spiro atoms. The molecular weight excluding hydrogens is 349 g/mol. The van der Waals surface area contributed by atoms with Crippen LogP contribution in [0.15, 0.2) is 36.7 Å². The fourth-order valence-corrected chi connectivity index (χ4v) is 3.10. The van der Waals surface area contributed by atoms with Crippen LogP contribution in [0.1, 0.15) is 24.2 Å². The molecule has 1 aliphatic rings. The van der Waals surface area contributed by atoms with Gasteiger partial charge in [-0.3, -0.25) is 4.79 Å². The second-order valence-electron chi connectivity index (χ2n) is 6.41. The van der Waals surface area contributed by atoms with Crippen molar-refractivity contribution in [3.05, 3.63) is 48.0 Å². The highest BCUT2D eigenvalue weighted by Gasteiger charge is 2.55. The molecule has 0 bridgehead atoms. The molecule has 6 nitrogen and oxygen atoms in total. The summed E-state index contributed by atoms with van der Waals surface area (Å²) >= 11 is 0. The lowest BCUT2D eigenvalue weighted by molar-refractivity contribution is -0.264. The number of hydrogen-bond acceptors (Lipinski definition) is 4. The first-order valence-corrected chi connectivity index (χ1v) is 8.30. The predicted octanol–water partition coefficient (Wildman–Crippen LogP) is 1.80. The molecule has 140 valence electrons. The molecule has 2 N–H and O–H groups in total. The monoisotopic (exact) mass is 368 g/mol. The van der Waals surface area contributed by atoms with Crippen LogP contribution in [0, 0.1) is 5.92 Å². The lowest BCUT2D eigenvalue weighted by Gasteiger charge is -2.31. The van der Waals surface area contributed by atoms with Crippen molar-refractivity contribution >= 4 is 5.91 Å². The first-order chi connectivity index (χ1) is 12.3. The quantitative estimate of drug-likeness (QED) is 0.863. The Morgan fingerprint density at radius 2 is 2.00 bits per heavy atom. The Morgan fingerprint density at radius 1 is 1.27 bits per heavy atom. The number of benzene rings is 1. The number of fused-ring (bicyclic) bond motifs is 1. The highest BCUT2D eigenvalue weighted by Crippen LogP contribution is 2.38. The molecule has 1 aromatic heterocycles. The zero-order chi connectivity index (χ0) is 18.8. The van der Waals surface area contributed by atoms with Gasteiger partial charge in [-0.05, 0) is 18.4 Å². The molecule has 3 rings (SSSR count). The van der Waals surface area contributed by atoms with Gasteiger partial charge in [0, 0.05) is 18.9 Å². The van der Waals surface area contributed by atoms with Gasteiger partial charge in [0.25, 0.3) is 0 Å². The van der Waals surface area contributed by atoms with Gasteiger partial charge in [-0.25, -0.2) is 0 Å². The van der Waals surface area contributed by atoms with Crippen LogP contribution in [0.2, 0.25) is 0 Å². The van der Waals surface area contributed by atoms with Crippen molar-refractivity contribution in [1.82, 2.24) is 20.1 Å². The smallest absolute Gasteiger partial charge is 0.375 e. The van der Waals surface area contributed by atoms with E-state index in [0.29, 0.717) is 25.8 Å². The summed E-state index contributed by atoms with van der Waals surface area (Å²) in [5.41, 5.74) is -3.44. The Bertz CT molecular complexity index is 740. The standard InChI is InChI=1S/C17H19F3N4O2/c18-17(19,20)16(26,13-4-2-1-3-5-13)10-21-15(25)12-6-7-14-23-22-11-24(14)9-8-12/h1-5,11-12,26H,6-10H2,(H,21,25). The van der Waals surface area contributed by atoms with Crippen LogP contribution in [0.25, 0.3) is 0 Å². The number of hydrogen-bond donors (Lipinski definition) is 2. The number of carbonyl (C=O) groups excluding carboxylic acids is 1. The maximum Gasteiger partial charge on any atom is 0.423 e. The summed E-state index contributed by atoms with van der Waals surface area (Å²) in [7, 11) is 0. The number of nitrogens with zero attached hydrogens (tertiary/aromatic N) is 3. The summed E-state index contributed by atoms with van der Waals surface area (Å²) < 4.78 is 42.2. The van der Waals surface area contributed by atoms with E-state index in [9.17, 15) is 23.1 Å². The number of rotatable bonds is 4. The number of aryl methyl sites for hydroxylation is 2. The number of alkyl halides is 3. The van der Waals surface area contributed by atoms with E-state index in [4.69, 9.17) is 0 Å². The van der Waals surface area contributed by atoms with Crippen LogP contribution in [0.5, 0.6) is 0 Å². The Hall–Kier alpha value is -2.42. The van der Waals surface area contributed by atoms with Gasteiger partial charge < -0.3 is 15.0 Å². The van der Waals surface area contributed by atoms with Gasteiger partial charge in [-0.1, -0.05) is 30.3 Å². The zero-order valence-electron chi connectivity index (χ0n) is 13.9. The molecule has 2 aromatic rings. The molecule has 1 amide bonds. The van der Waals surface area contributed by atoms with E-state index >= 15 is 0 Å². The van der Waals surface area contributed by atoms with E-state index in [0.717, 1.165) is 5.82 Å². The summed E-state index contributed by atoms with van der Waals surface area (Å²) in [5, 5.41) is 20.3. The summed E-state index contributed by atoms with van der Waals surface area (Å²) in [6.07, 6.45) is -1.86. The molecule has 1 aliphatic heterocycles. The molecule has 0 aliphatic carbocycles. The lowest BCUT2D eigenvalue weighted by atomic mass is 9.92. The van der Waals surface area contributed by atoms with E-state index in [1.54, 1.807) is 12.4 Å². The van der Waals surface area contributed by atoms with Crippen LogP contribution in [-0.2, 0) is 23.4 Å². The van der Waals surface area contributed by atoms with Gasteiger partial charge in [-0.2, -0.15) is 13.2 Å². The minimum Gasteiger partial charge on any atom is -0.375 e. The first-order valence-electron chi connectivity index (χ1n) is 8.30. The number of aromatic nitrogens is 3. The van der Waals surface area contributed by atoms with Crippen molar-refractivity contribution in [2.75, 3.05) is 6.54 Å². The maximum absolute atomic E-state index is 13.5. The van der Waals surface area contributed by atoms with Crippen molar-refractivity contribution in [1.29, 1.82) is 0 Å². The molecule has 0 fully saturated rings. The van der Waals surface area contributed by atoms with Crippen LogP contribution < -0.4 is 5.32 Å². The fourth-order valence-electron chi connectivity index (χ4n) is 3.10. The molecule has 2 atom stereocenters. The molecule has 0 saturated heterocycles. The summed E-state index contributed by atoms with van der Waals surface area (Å²) in [6, 6.07) is 6.76. The topological polar surface area (TPSA) is 80.0 Å². The Labute approximate surface area is 148 Å². The number of halogens is 3. The average Bonchev–Trinajstić information content (AvgIpc) is 2.97. The third kappa shape index (κ3) is 3.57.